The minimum absolute atomic E-state index is 0.155. The molecule has 2 amide bonds. The molecule has 0 saturated carbocycles. The Labute approximate surface area is 167 Å². The number of carbonyl (C=O) groups is 3. The first-order chi connectivity index (χ1) is 12.8. The number of esters is 1. The molecule has 0 spiro atoms. The molecular formula is C19H24N2O4S2. The standard InChI is InChI=1S/C19H24N2O4S2/c1-6-21(7-2)18(23)15-12(5)14(19(24)25-11(3)4)17(27-15)20-16(22)13-9-8-10-26-13/h8-11H,6-7H2,1-5H3,(H,20,22). The molecule has 2 aromatic heterocycles. The molecule has 6 nitrogen and oxygen atoms in total. The fourth-order valence-corrected chi connectivity index (χ4v) is 4.33. The Morgan fingerprint density at radius 1 is 1.22 bits per heavy atom. The van der Waals surface area contributed by atoms with Crippen molar-refractivity contribution in [3.8, 4) is 0 Å². The van der Waals surface area contributed by atoms with Gasteiger partial charge in [0.15, 0.2) is 0 Å². The first-order valence-corrected chi connectivity index (χ1v) is 10.5. The van der Waals surface area contributed by atoms with E-state index in [0.29, 0.717) is 33.4 Å². The number of amides is 2. The maximum atomic E-state index is 12.8. The number of nitrogens with zero attached hydrogens (tertiary/aromatic N) is 1. The zero-order valence-corrected chi connectivity index (χ0v) is 17.8. The van der Waals surface area contributed by atoms with Crippen LogP contribution in [0.15, 0.2) is 17.5 Å². The third-order valence-electron chi connectivity index (χ3n) is 3.91. The third-order valence-corrected chi connectivity index (χ3v) is 5.97. The van der Waals surface area contributed by atoms with Gasteiger partial charge in [-0.15, -0.1) is 22.7 Å². The van der Waals surface area contributed by atoms with Crippen LogP contribution in [-0.4, -0.2) is 41.9 Å². The fourth-order valence-electron chi connectivity index (χ4n) is 2.55. The number of ether oxygens (including phenoxy) is 1. The van der Waals surface area contributed by atoms with E-state index >= 15 is 0 Å². The Morgan fingerprint density at radius 3 is 2.41 bits per heavy atom. The molecule has 0 aliphatic rings. The summed E-state index contributed by atoms with van der Waals surface area (Å²) in [5, 5.41) is 4.92. The number of anilines is 1. The Morgan fingerprint density at radius 2 is 1.89 bits per heavy atom. The van der Waals surface area contributed by atoms with Gasteiger partial charge in [0.2, 0.25) is 0 Å². The van der Waals surface area contributed by atoms with E-state index in [1.807, 2.05) is 13.8 Å². The molecule has 8 heteroatoms. The van der Waals surface area contributed by atoms with Gasteiger partial charge in [-0.3, -0.25) is 9.59 Å². The Bertz CT molecular complexity index is 821. The van der Waals surface area contributed by atoms with Crippen LogP contribution in [0, 0.1) is 6.92 Å². The summed E-state index contributed by atoms with van der Waals surface area (Å²) in [4.78, 5) is 40.6. The van der Waals surface area contributed by atoms with Crippen LogP contribution in [0.4, 0.5) is 5.00 Å². The molecule has 0 saturated heterocycles. The summed E-state index contributed by atoms with van der Waals surface area (Å²) >= 11 is 2.42. The molecule has 2 heterocycles. The molecule has 0 bridgehead atoms. The van der Waals surface area contributed by atoms with Gasteiger partial charge in [0.25, 0.3) is 11.8 Å². The van der Waals surface area contributed by atoms with Crippen molar-refractivity contribution >= 4 is 45.5 Å². The summed E-state index contributed by atoms with van der Waals surface area (Å²) in [6.07, 6.45) is -0.306. The molecule has 27 heavy (non-hydrogen) atoms. The number of rotatable bonds is 7. The third kappa shape index (κ3) is 4.75. The summed E-state index contributed by atoms with van der Waals surface area (Å²) in [6, 6.07) is 3.48. The molecule has 0 radical (unpaired) electrons. The highest BCUT2D eigenvalue weighted by Crippen LogP contribution is 2.35. The molecule has 2 aromatic rings. The summed E-state index contributed by atoms with van der Waals surface area (Å²) in [6.45, 7) is 10.2. The van der Waals surface area contributed by atoms with Crippen molar-refractivity contribution in [2.75, 3.05) is 18.4 Å². The van der Waals surface area contributed by atoms with Crippen molar-refractivity contribution in [1.82, 2.24) is 4.90 Å². The minimum atomic E-state index is -0.543. The Balaban J connectivity index is 2.46. The van der Waals surface area contributed by atoms with E-state index in [1.165, 1.54) is 11.3 Å². The van der Waals surface area contributed by atoms with Gasteiger partial charge in [0.1, 0.15) is 5.00 Å². The van der Waals surface area contributed by atoms with Gasteiger partial charge < -0.3 is 15.0 Å². The number of carbonyl (C=O) groups excluding carboxylic acids is 3. The maximum Gasteiger partial charge on any atom is 0.341 e. The van der Waals surface area contributed by atoms with Gasteiger partial charge in [0.05, 0.1) is 21.4 Å². The SMILES string of the molecule is CCN(CC)C(=O)c1sc(NC(=O)c2cccs2)c(C(=O)OC(C)C)c1C. The average Bonchev–Trinajstić information content (AvgIpc) is 3.23. The fraction of sp³-hybridized carbons (Fsp3) is 0.421. The molecule has 0 aliphatic carbocycles. The van der Waals surface area contributed by atoms with Gasteiger partial charge in [0, 0.05) is 13.1 Å². The van der Waals surface area contributed by atoms with Crippen molar-refractivity contribution in [3.63, 3.8) is 0 Å². The lowest BCUT2D eigenvalue weighted by Gasteiger charge is -2.18. The predicted octanol–water partition coefficient (Wildman–Crippen LogP) is 4.42. The van der Waals surface area contributed by atoms with E-state index in [1.54, 1.807) is 43.2 Å². The summed E-state index contributed by atoms with van der Waals surface area (Å²) < 4.78 is 5.33. The van der Waals surface area contributed by atoms with Gasteiger partial charge in [-0.1, -0.05) is 6.07 Å². The zero-order chi connectivity index (χ0) is 20.1. The molecule has 1 N–H and O–H groups in total. The van der Waals surface area contributed by atoms with Gasteiger partial charge in [-0.2, -0.15) is 0 Å². The highest BCUT2D eigenvalue weighted by Gasteiger charge is 2.29. The summed E-state index contributed by atoms with van der Waals surface area (Å²) in [5.41, 5.74) is 0.776. The van der Waals surface area contributed by atoms with Crippen LogP contribution in [0.2, 0.25) is 0 Å². The van der Waals surface area contributed by atoms with Crippen LogP contribution in [0.25, 0.3) is 0 Å². The topological polar surface area (TPSA) is 75.7 Å². The van der Waals surface area contributed by atoms with Gasteiger partial charge in [-0.25, -0.2) is 4.79 Å². The van der Waals surface area contributed by atoms with Crippen molar-refractivity contribution in [2.45, 2.75) is 40.7 Å². The largest absolute Gasteiger partial charge is 0.459 e. The molecule has 146 valence electrons. The number of nitrogens with one attached hydrogen (secondary N) is 1. The van der Waals surface area contributed by atoms with Crippen molar-refractivity contribution < 1.29 is 19.1 Å². The van der Waals surface area contributed by atoms with E-state index in [0.717, 1.165) is 11.3 Å². The monoisotopic (exact) mass is 408 g/mol. The van der Waals surface area contributed by atoms with E-state index in [-0.39, 0.29) is 23.5 Å². The van der Waals surface area contributed by atoms with Gasteiger partial charge >= 0.3 is 5.97 Å². The van der Waals surface area contributed by atoms with Crippen LogP contribution >= 0.6 is 22.7 Å². The lowest BCUT2D eigenvalue weighted by atomic mass is 10.1. The summed E-state index contributed by atoms with van der Waals surface area (Å²) in [7, 11) is 0. The molecule has 0 fully saturated rings. The zero-order valence-electron chi connectivity index (χ0n) is 16.1. The molecular weight excluding hydrogens is 384 g/mol. The van der Waals surface area contributed by atoms with Crippen LogP contribution in [0.1, 0.15) is 63.0 Å². The second kappa shape index (κ2) is 9.14. The second-order valence-corrected chi connectivity index (χ2v) is 8.09. The first kappa shape index (κ1) is 21.1. The number of hydrogen-bond acceptors (Lipinski definition) is 6. The highest BCUT2D eigenvalue weighted by molar-refractivity contribution is 7.19. The van der Waals surface area contributed by atoms with E-state index in [4.69, 9.17) is 4.74 Å². The Kier molecular flexibility index (Phi) is 7.15. The van der Waals surface area contributed by atoms with Gasteiger partial charge in [-0.05, 0) is 51.6 Å². The van der Waals surface area contributed by atoms with Crippen molar-refractivity contribution in [1.29, 1.82) is 0 Å². The smallest absolute Gasteiger partial charge is 0.341 e. The van der Waals surface area contributed by atoms with Crippen molar-refractivity contribution in [2.24, 2.45) is 0 Å². The molecule has 2 rings (SSSR count). The first-order valence-electron chi connectivity index (χ1n) is 8.78. The van der Waals surface area contributed by atoms with Crippen LogP contribution in [0.3, 0.4) is 0 Å². The molecule has 0 aliphatic heterocycles. The average molecular weight is 409 g/mol. The molecule has 0 aromatic carbocycles. The molecule has 0 atom stereocenters. The quantitative estimate of drug-likeness (QED) is 0.688. The van der Waals surface area contributed by atoms with E-state index in [2.05, 4.69) is 5.32 Å². The highest BCUT2D eigenvalue weighted by atomic mass is 32.1. The Hall–Kier alpha value is -2.19. The number of thiophene rings is 2. The van der Waals surface area contributed by atoms with Crippen LogP contribution in [-0.2, 0) is 4.74 Å². The number of hydrogen-bond donors (Lipinski definition) is 1. The van der Waals surface area contributed by atoms with Crippen LogP contribution < -0.4 is 5.32 Å². The maximum absolute atomic E-state index is 12.8. The van der Waals surface area contributed by atoms with Crippen molar-refractivity contribution in [3.05, 3.63) is 38.4 Å². The van der Waals surface area contributed by atoms with Crippen LogP contribution in [0.5, 0.6) is 0 Å². The molecule has 0 unspecified atom stereocenters. The van der Waals surface area contributed by atoms with E-state index in [9.17, 15) is 14.4 Å². The normalized spacial score (nSPS) is 10.7. The predicted molar refractivity (Wildman–Crippen MR) is 109 cm³/mol. The summed E-state index contributed by atoms with van der Waals surface area (Å²) in [5.74, 6) is -1.01. The second-order valence-electron chi connectivity index (χ2n) is 6.12. The lowest BCUT2D eigenvalue weighted by molar-refractivity contribution is 0.0379. The minimum Gasteiger partial charge on any atom is -0.459 e. The lowest BCUT2D eigenvalue weighted by Crippen LogP contribution is -2.30. The van der Waals surface area contributed by atoms with E-state index < -0.39 is 5.97 Å².